The second-order valence-electron chi connectivity index (χ2n) is 6.07. The maximum Gasteiger partial charge on any atom is 0.328 e. The Balaban J connectivity index is 2.21. The number of ether oxygens (including phenoxy) is 2. The number of nitrogens with zero attached hydrogens (tertiary/aromatic N) is 1. The van der Waals surface area contributed by atoms with Gasteiger partial charge in [0.05, 0.1) is 14.2 Å². The molecule has 0 aliphatic heterocycles. The van der Waals surface area contributed by atoms with Crippen molar-refractivity contribution in [1.29, 1.82) is 0 Å². The third-order valence-electron chi connectivity index (χ3n) is 4.35. The number of hydrogen-bond acceptors (Lipinski definition) is 4. The maximum atomic E-state index is 12.5. The summed E-state index contributed by atoms with van der Waals surface area (Å²) in [6, 6.07) is 16.5. The van der Waals surface area contributed by atoms with Crippen LogP contribution in [-0.4, -0.2) is 42.9 Å². The number of alkyl halides is 1. The van der Waals surface area contributed by atoms with Crippen LogP contribution in [0.25, 0.3) is 0 Å². The summed E-state index contributed by atoms with van der Waals surface area (Å²) in [6.07, 6.45) is 1.10. The van der Waals surface area contributed by atoms with Crippen molar-refractivity contribution < 1.29 is 19.1 Å². The highest BCUT2D eigenvalue weighted by molar-refractivity contribution is 6.27. The Morgan fingerprint density at radius 1 is 1.00 bits per heavy atom. The minimum atomic E-state index is -0.705. The molecule has 0 unspecified atom stereocenters. The molecule has 0 radical (unpaired) electrons. The summed E-state index contributed by atoms with van der Waals surface area (Å²) in [4.78, 5) is 26.4. The molecular formula is C21H24ClNO4. The van der Waals surface area contributed by atoms with Gasteiger partial charge in [-0.1, -0.05) is 42.5 Å². The topological polar surface area (TPSA) is 55.8 Å². The number of hydrogen-bond donors (Lipinski definition) is 0. The van der Waals surface area contributed by atoms with Gasteiger partial charge in [-0.25, -0.2) is 4.79 Å². The van der Waals surface area contributed by atoms with Crippen LogP contribution < -0.4 is 4.74 Å². The molecular weight excluding hydrogens is 366 g/mol. The van der Waals surface area contributed by atoms with E-state index >= 15 is 0 Å². The third kappa shape index (κ3) is 6.00. The molecule has 1 amide bonds. The van der Waals surface area contributed by atoms with E-state index < -0.39 is 12.0 Å². The zero-order valence-corrected chi connectivity index (χ0v) is 16.3. The zero-order valence-electron chi connectivity index (χ0n) is 15.6. The van der Waals surface area contributed by atoms with Gasteiger partial charge in [0.15, 0.2) is 0 Å². The predicted octanol–water partition coefficient (Wildman–Crippen LogP) is 3.44. The van der Waals surface area contributed by atoms with Crippen molar-refractivity contribution >= 4 is 23.5 Å². The van der Waals surface area contributed by atoms with Gasteiger partial charge in [-0.05, 0) is 36.1 Å². The van der Waals surface area contributed by atoms with Gasteiger partial charge in [0.25, 0.3) is 0 Å². The van der Waals surface area contributed by atoms with Gasteiger partial charge in [0.2, 0.25) is 5.91 Å². The number of carbonyl (C=O) groups excluding carboxylic acids is 2. The Labute approximate surface area is 164 Å². The highest BCUT2D eigenvalue weighted by Crippen LogP contribution is 2.18. The molecule has 0 aliphatic rings. The van der Waals surface area contributed by atoms with Crippen molar-refractivity contribution in [3.63, 3.8) is 0 Å². The summed E-state index contributed by atoms with van der Waals surface area (Å²) < 4.78 is 10.1. The molecule has 0 saturated heterocycles. The third-order valence-corrected chi connectivity index (χ3v) is 4.57. The Hall–Kier alpha value is -2.53. The fourth-order valence-electron chi connectivity index (χ4n) is 2.86. The minimum Gasteiger partial charge on any atom is -0.497 e. The summed E-state index contributed by atoms with van der Waals surface area (Å²) in [5.74, 6) is -0.231. The lowest BCUT2D eigenvalue weighted by Gasteiger charge is -2.30. The van der Waals surface area contributed by atoms with Gasteiger partial charge in [0.1, 0.15) is 17.7 Å². The number of carbonyl (C=O) groups is 2. The standard InChI is InChI=1S/C21H24ClNO4/c1-26-18-11-8-17(9-12-18)15-23(20(24)14-22)19(21(25)27-2)13-10-16-6-4-3-5-7-16/h3-9,11-12,19H,10,13-15H2,1-2H3/t19-/m1/s1. The van der Waals surface area contributed by atoms with Crippen molar-refractivity contribution in [1.82, 2.24) is 4.90 Å². The van der Waals surface area contributed by atoms with Crippen LogP contribution in [0.3, 0.4) is 0 Å². The molecule has 5 nitrogen and oxygen atoms in total. The van der Waals surface area contributed by atoms with E-state index in [1.807, 2.05) is 54.6 Å². The van der Waals surface area contributed by atoms with Crippen LogP contribution in [-0.2, 0) is 27.3 Å². The summed E-state index contributed by atoms with van der Waals surface area (Å²) in [7, 11) is 2.92. The van der Waals surface area contributed by atoms with Crippen molar-refractivity contribution in [3.8, 4) is 5.75 Å². The summed E-state index contributed by atoms with van der Waals surface area (Å²) >= 11 is 5.81. The van der Waals surface area contributed by atoms with Crippen molar-refractivity contribution in [2.75, 3.05) is 20.1 Å². The van der Waals surface area contributed by atoms with E-state index in [0.29, 0.717) is 12.8 Å². The zero-order chi connectivity index (χ0) is 19.6. The highest BCUT2D eigenvalue weighted by Gasteiger charge is 2.30. The molecule has 0 N–H and O–H groups in total. The highest BCUT2D eigenvalue weighted by atomic mass is 35.5. The van der Waals surface area contributed by atoms with Gasteiger partial charge in [0, 0.05) is 6.54 Å². The van der Waals surface area contributed by atoms with Crippen LogP contribution in [0.2, 0.25) is 0 Å². The van der Waals surface area contributed by atoms with E-state index in [2.05, 4.69) is 0 Å². The first kappa shape index (κ1) is 20.8. The summed E-state index contributed by atoms with van der Waals surface area (Å²) in [5, 5.41) is 0. The first-order chi connectivity index (χ1) is 13.1. The van der Waals surface area contributed by atoms with Crippen LogP contribution in [0.15, 0.2) is 54.6 Å². The molecule has 1 atom stereocenters. The minimum absolute atomic E-state index is 0.199. The summed E-state index contributed by atoms with van der Waals surface area (Å²) in [6.45, 7) is 0.268. The van der Waals surface area contributed by atoms with E-state index in [1.165, 1.54) is 12.0 Å². The Morgan fingerprint density at radius 3 is 2.22 bits per heavy atom. The summed E-state index contributed by atoms with van der Waals surface area (Å²) in [5.41, 5.74) is 1.97. The molecule has 6 heteroatoms. The maximum absolute atomic E-state index is 12.5. The molecule has 0 aliphatic carbocycles. The van der Waals surface area contributed by atoms with Crippen molar-refractivity contribution in [3.05, 3.63) is 65.7 Å². The average Bonchev–Trinajstić information content (AvgIpc) is 2.73. The Bertz CT molecular complexity index is 734. The van der Waals surface area contributed by atoms with E-state index in [9.17, 15) is 9.59 Å². The predicted molar refractivity (Wildman–Crippen MR) is 105 cm³/mol. The van der Waals surface area contributed by atoms with Crippen LogP contribution in [0.1, 0.15) is 17.5 Å². The van der Waals surface area contributed by atoms with Crippen LogP contribution in [0, 0.1) is 0 Å². The number of methoxy groups -OCH3 is 2. The second-order valence-corrected chi connectivity index (χ2v) is 6.33. The van der Waals surface area contributed by atoms with E-state index in [0.717, 1.165) is 16.9 Å². The molecule has 2 aromatic carbocycles. The molecule has 0 heterocycles. The molecule has 0 aromatic heterocycles. The van der Waals surface area contributed by atoms with Gasteiger partial charge in [-0.15, -0.1) is 11.6 Å². The molecule has 0 bridgehead atoms. The largest absolute Gasteiger partial charge is 0.497 e. The lowest BCUT2D eigenvalue weighted by molar-refractivity contribution is -0.152. The molecule has 2 aromatic rings. The Kier molecular flexibility index (Phi) is 8.14. The molecule has 0 saturated carbocycles. The number of amides is 1. The van der Waals surface area contributed by atoms with Gasteiger partial charge < -0.3 is 14.4 Å². The lowest BCUT2D eigenvalue weighted by atomic mass is 10.0. The monoisotopic (exact) mass is 389 g/mol. The molecule has 0 fully saturated rings. The molecule has 0 spiro atoms. The number of esters is 1. The number of benzene rings is 2. The van der Waals surface area contributed by atoms with Gasteiger partial charge >= 0.3 is 5.97 Å². The number of halogens is 1. The lowest BCUT2D eigenvalue weighted by Crippen LogP contribution is -2.46. The first-order valence-electron chi connectivity index (χ1n) is 8.69. The smallest absolute Gasteiger partial charge is 0.328 e. The molecule has 2 rings (SSSR count). The van der Waals surface area contributed by atoms with Crippen LogP contribution in [0.5, 0.6) is 5.75 Å². The van der Waals surface area contributed by atoms with Crippen LogP contribution >= 0.6 is 11.6 Å². The second kappa shape index (κ2) is 10.6. The first-order valence-corrected chi connectivity index (χ1v) is 9.22. The quantitative estimate of drug-likeness (QED) is 0.487. The number of aryl methyl sites for hydroxylation is 1. The van der Waals surface area contributed by atoms with Gasteiger partial charge in [-0.2, -0.15) is 0 Å². The Morgan fingerprint density at radius 2 is 1.67 bits per heavy atom. The fourth-order valence-corrected chi connectivity index (χ4v) is 3.02. The van der Waals surface area contributed by atoms with Crippen molar-refractivity contribution in [2.45, 2.75) is 25.4 Å². The fraction of sp³-hybridized carbons (Fsp3) is 0.333. The SMILES string of the molecule is COC(=O)[C@@H](CCc1ccccc1)N(Cc1ccc(OC)cc1)C(=O)CCl. The average molecular weight is 390 g/mol. The van der Waals surface area contributed by atoms with Crippen LogP contribution in [0.4, 0.5) is 0 Å². The van der Waals surface area contributed by atoms with E-state index in [4.69, 9.17) is 21.1 Å². The normalized spacial score (nSPS) is 11.5. The molecule has 144 valence electrons. The number of rotatable bonds is 9. The molecule has 27 heavy (non-hydrogen) atoms. The van der Waals surface area contributed by atoms with Crippen molar-refractivity contribution in [2.24, 2.45) is 0 Å². The van der Waals surface area contributed by atoms with Gasteiger partial charge in [-0.3, -0.25) is 4.79 Å². The van der Waals surface area contributed by atoms with E-state index in [1.54, 1.807) is 7.11 Å². The van der Waals surface area contributed by atoms with E-state index in [-0.39, 0.29) is 18.3 Å².